The standard InChI is InChI=1S/C9H6N2O4S/c10-9(13)7-8(12)5-3-1-2-4-6(5)16(14,15)11-7/h1-4H,(H2,10,13). The SMILES string of the molecule is NC(=O)C1=NS(=O)(=O)c2ccccc2C1=O. The quantitative estimate of drug-likeness (QED) is 0.711. The summed E-state index contributed by atoms with van der Waals surface area (Å²) in [5.74, 6) is -1.92. The van der Waals surface area contributed by atoms with E-state index in [0.717, 1.165) is 0 Å². The van der Waals surface area contributed by atoms with Crippen molar-refractivity contribution in [3.63, 3.8) is 0 Å². The molecule has 2 N–H and O–H groups in total. The fourth-order valence-corrected chi connectivity index (χ4v) is 2.58. The minimum atomic E-state index is -4.00. The molecule has 1 aliphatic rings. The number of carbonyl (C=O) groups is 2. The molecule has 1 aliphatic heterocycles. The van der Waals surface area contributed by atoms with E-state index in [-0.39, 0.29) is 10.5 Å². The summed E-state index contributed by atoms with van der Waals surface area (Å²) in [7, 11) is -4.00. The van der Waals surface area contributed by atoms with Crippen molar-refractivity contribution in [3.8, 4) is 0 Å². The van der Waals surface area contributed by atoms with Gasteiger partial charge < -0.3 is 5.73 Å². The number of ketones is 1. The highest BCUT2D eigenvalue weighted by atomic mass is 32.2. The van der Waals surface area contributed by atoms with E-state index in [1.807, 2.05) is 0 Å². The molecule has 0 fully saturated rings. The summed E-state index contributed by atoms with van der Waals surface area (Å²) in [5, 5.41) is 0. The minimum Gasteiger partial charge on any atom is -0.364 e. The fourth-order valence-electron chi connectivity index (χ4n) is 1.37. The van der Waals surface area contributed by atoms with Gasteiger partial charge in [-0.25, -0.2) is 0 Å². The van der Waals surface area contributed by atoms with Crippen molar-refractivity contribution in [2.45, 2.75) is 4.90 Å². The summed E-state index contributed by atoms with van der Waals surface area (Å²) < 4.78 is 26.3. The summed E-state index contributed by atoms with van der Waals surface area (Å²) >= 11 is 0. The van der Waals surface area contributed by atoms with Gasteiger partial charge in [0.1, 0.15) is 4.90 Å². The van der Waals surface area contributed by atoms with Crippen LogP contribution in [0.2, 0.25) is 0 Å². The van der Waals surface area contributed by atoms with Gasteiger partial charge in [-0.15, -0.1) is 4.40 Å². The number of hydrogen-bond acceptors (Lipinski definition) is 4. The molecule has 0 aromatic heterocycles. The van der Waals surface area contributed by atoms with Gasteiger partial charge in [0.2, 0.25) is 5.78 Å². The van der Waals surface area contributed by atoms with Crippen LogP contribution in [0.25, 0.3) is 0 Å². The minimum absolute atomic E-state index is 0.0775. The van der Waals surface area contributed by atoms with Gasteiger partial charge in [0, 0.05) is 5.56 Å². The number of carbonyl (C=O) groups excluding carboxylic acids is 2. The van der Waals surface area contributed by atoms with Crippen molar-refractivity contribution >= 4 is 27.4 Å². The van der Waals surface area contributed by atoms with Crippen molar-refractivity contribution in [2.24, 2.45) is 10.1 Å². The number of sulfonamides is 1. The molecule has 0 saturated carbocycles. The van der Waals surface area contributed by atoms with Crippen LogP contribution in [0.3, 0.4) is 0 Å². The van der Waals surface area contributed by atoms with Crippen molar-refractivity contribution in [1.29, 1.82) is 0 Å². The average Bonchev–Trinajstić information content (AvgIpc) is 2.23. The van der Waals surface area contributed by atoms with Crippen molar-refractivity contribution in [3.05, 3.63) is 29.8 Å². The molecule has 0 atom stereocenters. The lowest BCUT2D eigenvalue weighted by Crippen LogP contribution is -2.35. The van der Waals surface area contributed by atoms with Gasteiger partial charge in [-0.3, -0.25) is 9.59 Å². The van der Waals surface area contributed by atoms with E-state index in [9.17, 15) is 18.0 Å². The molecule has 6 nitrogen and oxygen atoms in total. The topological polar surface area (TPSA) is 107 Å². The third-order valence-electron chi connectivity index (χ3n) is 2.07. The summed E-state index contributed by atoms with van der Waals surface area (Å²) in [6, 6.07) is 5.53. The first-order valence-corrected chi connectivity index (χ1v) is 5.66. The van der Waals surface area contributed by atoms with Crippen LogP contribution < -0.4 is 5.73 Å². The van der Waals surface area contributed by atoms with E-state index in [0.29, 0.717) is 0 Å². The molecule has 1 aromatic carbocycles. The molecule has 16 heavy (non-hydrogen) atoms. The van der Waals surface area contributed by atoms with Crippen LogP contribution >= 0.6 is 0 Å². The highest BCUT2D eigenvalue weighted by Crippen LogP contribution is 2.23. The summed E-state index contributed by atoms with van der Waals surface area (Å²) in [6.07, 6.45) is 0. The Balaban J connectivity index is 2.79. The molecular formula is C9H6N2O4S. The predicted molar refractivity (Wildman–Crippen MR) is 54.6 cm³/mol. The van der Waals surface area contributed by atoms with Gasteiger partial charge in [0.25, 0.3) is 15.9 Å². The van der Waals surface area contributed by atoms with Gasteiger partial charge in [-0.1, -0.05) is 12.1 Å². The van der Waals surface area contributed by atoms with Gasteiger partial charge in [-0.2, -0.15) is 8.42 Å². The Bertz CT molecular complexity index is 631. The molecule has 2 rings (SSSR count). The molecule has 1 aromatic rings. The van der Waals surface area contributed by atoms with E-state index in [2.05, 4.69) is 4.40 Å². The van der Waals surface area contributed by atoms with Crippen molar-refractivity contribution in [1.82, 2.24) is 0 Å². The van der Waals surface area contributed by atoms with Crippen LogP contribution in [0.5, 0.6) is 0 Å². The van der Waals surface area contributed by atoms with E-state index >= 15 is 0 Å². The van der Waals surface area contributed by atoms with Gasteiger partial charge in [-0.05, 0) is 12.1 Å². The van der Waals surface area contributed by atoms with Crippen LogP contribution in [-0.4, -0.2) is 25.8 Å². The second kappa shape index (κ2) is 3.24. The van der Waals surface area contributed by atoms with Gasteiger partial charge in [0.05, 0.1) is 0 Å². The number of hydrogen-bond donors (Lipinski definition) is 1. The van der Waals surface area contributed by atoms with Crippen LogP contribution in [0.1, 0.15) is 10.4 Å². The Morgan fingerprint density at radius 3 is 2.50 bits per heavy atom. The summed E-state index contributed by atoms with van der Waals surface area (Å²) in [6.45, 7) is 0. The smallest absolute Gasteiger partial charge is 0.283 e. The Hall–Kier alpha value is -2.02. The zero-order valence-electron chi connectivity index (χ0n) is 7.88. The Labute approximate surface area is 90.8 Å². The molecule has 0 bridgehead atoms. The van der Waals surface area contributed by atoms with E-state index in [1.54, 1.807) is 0 Å². The van der Waals surface area contributed by atoms with Crippen molar-refractivity contribution in [2.75, 3.05) is 0 Å². The molecule has 0 spiro atoms. The average molecular weight is 238 g/mol. The molecule has 0 radical (unpaired) electrons. The molecule has 0 saturated heterocycles. The third-order valence-corrected chi connectivity index (χ3v) is 3.40. The number of Topliss-reactive ketones (excluding diaryl/α,β-unsaturated/α-hetero) is 1. The number of benzene rings is 1. The van der Waals surface area contributed by atoms with Gasteiger partial charge >= 0.3 is 0 Å². The van der Waals surface area contributed by atoms with E-state index in [4.69, 9.17) is 5.73 Å². The van der Waals surface area contributed by atoms with Crippen molar-refractivity contribution < 1.29 is 18.0 Å². The molecular weight excluding hydrogens is 232 g/mol. The Morgan fingerprint density at radius 1 is 1.25 bits per heavy atom. The van der Waals surface area contributed by atoms with Crippen LogP contribution in [0.15, 0.2) is 33.6 Å². The third kappa shape index (κ3) is 1.41. The van der Waals surface area contributed by atoms with Crippen LogP contribution in [0.4, 0.5) is 0 Å². The number of primary amides is 1. The lowest BCUT2D eigenvalue weighted by atomic mass is 10.1. The Kier molecular flexibility index (Phi) is 2.13. The number of nitrogens with two attached hydrogens (primary N) is 1. The van der Waals surface area contributed by atoms with E-state index in [1.165, 1.54) is 24.3 Å². The molecule has 0 unspecified atom stereocenters. The highest BCUT2D eigenvalue weighted by molar-refractivity contribution is 7.90. The number of fused-ring (bicyclic) bond motifs is 1. The maximum atomic E-state index is 11.6. The first kappa shape index (κ1) is 10.5. The lowest BCUT2D eigenvalue weighted by Gasteiger charge is -2.12. The fraction of sp³-hybridized carbons (Fsp3) is 0. The predicted octanol–water partition coefficient (Wildman–Crippen LogP) is -0.502. The molecule has 1 heterocycles. The summed E-state index contributed by atoms with van der Waals surface area (Å²) in [5.41, 5.74) is 4.05. The second-order valence-electron chi connectivity index (χ2n) is 3.10. The largest absolute Gasteiger partial charge is 0.364 e. The lowest BCUT2D eigenvalue weighted by molar-refractivity contribution is -0.111. The number of nitrogens with zero attached hydrogens (tertiary/aromatic N) is 1. The van der Waals surface area contributed by atoms with E-state index < -0.39 is 27.4 Å². The molecule has 0 aliphatic carbocycles. The molecule has 1 amide bonds. The zero-order valence-corrected chi connectivity index (χ0v) is 8.69. The monoisotopic (exact) mass is 238 g/mol. The second-order valence-corrected chi connectivity index (χ2v) is 4.68. The normalized spacial score (nSPS) is 17.5. The summed E-state index contributed by atoms with van der Waals surface area (Å²) in [4.78, 5) is 22.3. The number of amides is 1. The van der Waals surface area contributed by atoms with Gasteiger partial charge in [0.15, 0.2) is 5.71 Å². The molecule has 82 valence electrons. The van der Waals surface area contributed by atoms with Crippen LogP contribution in [-0.2, 0) is 14.8 Å². The Morgan fingerprint density at radius 2 is 1.88 bits per heavy atom. The maximum Gasteiger partial charge on any atom is 0.283 e. The maximum absolute atomic E-state index is 11.6. The zero-order chi connectivity index (χ0) is 11.9. The highest BCUT2D eigenvalue weighted by Gasteiger charge is 2.33. The first-order chi connectivity index (χ1) is 7.43. The molecule has 7 heteroatoms. The number of rotatable bonds is 1. The van der Waals surface area contributed by atoms with Crippen LogP contribution in [0, 0.1) is 0 Å². The first-order valence-electron chi connectivity index (χ1n) is 4.22.